The smallest absolute Gasteiger partial charge is 0.372 e. The standard InChI is InChI=1S/C28H44O6Si/c1-7-29-27(24-23-25-19-15-13-16-20-25,35(32-10-4,33-11-5)34-12-6)28(30-8-2,31-9-3)26-21-17-14-18-22-26/h13-22H,7-12,23-24H2,1-6H3. The number of hydrogen-bond donors (Lipinski definition) is 0. The molecule has 0 aromatic heterocycles. The molecule has 0 heterocycles. The number of benzene rings is 2. The minimum atomic E-state index is -3.61. The second-order valence-corrected chi connectivity index (χ2v) is 10.7. The largest absolute Gasteiger partial charge is 0.540 e. The van der Waals surface area contributed by atoms with Crippen molar-refractivity contribution in [2.45, 2.75) is 65.4 Å². The van der Waals surface area contributed by atoms with E-state index in [2.05, 4.69) is 12.1 Å². The maximum Gasteiger partial charge on any atom is 0.540 e. The highest BCUT2D eigenvalue weighted by atomic mass is 28.4. The van der Waals surface area contributed by atoms with Crippen molar-refractivity contribution in [2.24, 2.45) is 0 Å². The summed E-state index contributed by atoms with van der Waals surface area (Å²) in [7, 11) is -3.61. The van der Waals surface area contributed by atoms with Crippen LogP contribution in [0.25, 0.3) is 0 Å². The van der Waals surface area contributed by atoms with Crippen LogP contribution in [0, 0.1) is 0 Å². The van der Waals surface area contributed by atoms with E-state index in [4.69, 9.17) is 27.5 Å². The molecule has 0 saturated carbocycles. The number of ether oxygens (including phenoxy) is 3. The van der Waals surface area contributed by atoms with Crippen molar-refractivity contribution in [2.75, 3.05) is 39.6 Å². The van der Waals surface area contributed by atoms with Crippen LogP contribution in [0.5, 0.6) is 0 Å². The quantitative estimate of drug-likeness (QED) is 0.186. The van der Waals surface area contributed by atoms with Gasteiger partial charge in [-0.15, -0.1) is 0 Å². The van der Waals surface area contributed by atoms with Crippen LogP contribution in [0.2, 0.25) is 0 Å². The van der Waals surface area contributed by atoms with E-state index in [0.29, 0.717) is 52.5 Å². The van der Waals surface area contributed by atoms with E-state index in [1.807, 2.05) is 90.1 Å². The van der Waals surface area contributed by atoms with Crippen LogP contribution in [-0.2, 0) is 39.7 Å². The van der Waals surface area contributed by atoms with E-state index in [0.717, 1.165) is 5.56 Å². The highest BCUT2D eigenvalue weighted by Crippen LogP contribution is 2.50. The molecule has 0 amide bonds. The molecule has 0 aliphatic carbocycles. The van der Waals surface area contributed by atoms with Gasteiger partial charge in [-0.05, 0) is 59.9 Å². The van der Waals surface area contributed by atoms with Gasteiger partial charge in [0, 0.05) is 45.2 Å². The molecule has 6 nitrogen and oxygen atoms in total. The van der Waals surface area contributed by atoms with Crippen LogP contribution in [-0.4, -0.2) is 53.7 Å². The molecule has 196 valence electrons. The van der Waals surface area contributed by atoms with Gasteiger partial charge in [0.05, 0.1) is 0 Å². The summed E-state index contributed by atoms with van der Waals surface area (Å²) in [4.78, 5) is 0. The summed E-state index contributed by atoms with van der Waals surface area (Å²) in [6.45, 7) is 14.2. The second-order valence-electron chi connectivity index (χ2n) is 7.95. The second kappa shape index (κ2) is 14.9. The Morgan fingerprint density at radius 2 is 1.03 bits per heavy atom. The molecular weight excluding hydrogens is 460 g/mol. The van der Waals surface area contributed by atoms with Gasteiger partial charge in [0.25, 0.3) is 0 Å². The zero-order valence-corrected chi connectivity index (χ0v) is 23.4. The molecule has 0 radical (unpaired) electrons. The molecule has 0 aliphatic heterocycles. The lowest BCUT2D eigenvalue weighted by Gasteiger charge is -2.54. The van der Waals surface area contributed by atoms with E-state index < -0.39 is 19.8 Å². The summed E-state index contributed by atoms with van der Waals surface area (Å²) in [5.74, 6) is -1.31. The van der Waals surface area contributed by atoms with Gasteiger partial charge in [0.1, 0.15) is 0 Å². The molecule has 0 aliphatic rings. The molecule has 0 spiro atoms. The Morgan fingerprint density at radius 1 is 0.571 bits per heavy atom. The zero-order valence-electron chi connectivity index (χ0n) is 22.4. The molecule has 2 aromatic rings. The maximum atomic E-state index is 6.84. The fraction of sp³-hybridized carbons (Fsp3) is 0.571. The molecule has 2 rings (SSSR count). The SMILES string of the molecule is CCOC(OCC)(c1ccccc1)C(CCc1ccccc1)(OCC)[Si](OCC)(OCC)OCC. The summed E-state index contributed by atoms with van der Waals surface area (Å²) in [6, 6.07) is 20.3. The summed E-state index contributed by atoms with van der Waals surface area (Å²) < 4.78 is 39.8. The van der Waals surface area contributed by atoms with Crippen LogP contribution in [0.3, 0.4) is 0 Å². The predicted molar refractivity (Wildman–Crippen MR) is 141 cm³/mol. The first-order chi connectivity index (χ1) is 17.0. The Bertz CT molecular complexity index is 796. The average molecular weight is 505 g/mol. The van der Waals surface area contributed by atoms with E-state index in [9.17, 15) is 0 Å². The van der Waals surface area contributed by atoms with Gasteiger partial charge in [0.2, 0.25) is 5.79 Å². The molecular formula is C28H44O6Si. The van der Waals surface area contributed by atoms with E-state index >= 15 is 0 Å². The zero-order chi connectivity index (χ0) is 25.6. The Labute approximate surface area is 213 Å². The number of aryl methyl sites for hydroxylation is 1. The van der Waals surface area contributed by atoms with E-state index in [1.54, 1.807) is 0 Å². The van der Waals surface area contributed by atoms with Gasteiger partial charge < -0.3 is 27.5 Å². The lowest BCUT2D eigenvalue weighted by molar-refractivity contribution is -0.331. The molecule has 0 fully saturated rings. The summed E-state index contributed by atoms with van der Waals surface area (Å²) in [5, 5.41) is -1.18. The van der Waals surface area contributed by atoms with Crippen molar-refractivity contribution in [3.8, 4) is 0 Å². The predicted octanol–water partition coefficient (Wildman–Crippen LogP) is 5.91. The molecule has 0 saturated heterocycles. The molecule has 0 N–H and O–H groups in total. The molecule has 0 bridgehead atoms. The first kappa shape index (κ1) is 29.6. The van der Waals surface area contributed by atoms with Gasteiger partial charge in [-0.25, -0.2) is 0 Å². The van der Waals surface area contributed by atoms with Crippen molar-refractivity contribution in [3.63, 3.8) is 0 Å². The van der Waals surface area contributed by atoms with Gasteiger partial charge in [-0.1, -0.05) is 60.7 Å². The van der Waals surface area contributed by atoms with Gasteiger partial charge >= 0.3 is 8.80 Å². The minimum Gasteiger partial charge on any atom is -0.372 e. The maximum absolute atomic E-state index is 6.84. The lowest BCUT2D eigenvalue weighted by atomic mass is 9.93. The first-order valence-electron chi connectivity index (χ1n) is 13.0. The third-order valence-corrected chi connectivity index (χ3v) is 9.60. The Morgan fingerprint density at radius 3 is 1.46 bits per heavy atom. The summed E-state index contributed by atoms with van der Waals surface area (Å²) in [6.07, 6.45) is 1.23. The Balaban J connectivity index is 2.92. The molecule has 2 aromatic carbocycles. The minimum absolute atomic E-state index is 0.407. The van der Waals surface area contributed by atoms with Gasteiger partial charge in [0.15, 0.2) is 5.22 Å². The average Bonchev–Trinajstić information content (AvgIpc) is 2.88. The molecule has 35 heavy (non-hydrogen) atoms. The van der Waals surface area contributed by atoms with Crippen molar-refractivity contribution < 1.29 is 27.5 Å². The monoisotopic (exact) mass is 504 g/mol. The summed E-state index contributed by atoms with van der Waals surface area (Å²) in [5.41, 5.74) is 2.03. The lowest BCUT2D eigenvalue weighted by Crippen LogP contribution is -2.76. The number of hydrogen-bond acceptors (Lipinski definition) is 6. The highest BCUT2D eigenvalue weighted by Gasteiger charge is 2.74. The van der Waals surface area contributed by atoms with E-state index in [-0.39, 0.29) is 0 Å². The van der Waals surface area contributed by atoms with Crippen molar-refractivity contribution in [1.29, 1.82) is 0 Å². The third-order valence-electron chi connectivity index (χ3n) is 5.88. The van der Waals surface area contributed by atoms with Gasteiger partial charge in [-0.3, -0.25) is 0 Å². The van der Waals surface area contributed by atoms with Crippen LogP contribution in [0.1, 0.15) is 59.1 Å². The Kier molecular flexibility index (Phi) is 12.6. The van der Waals surface area contributed by atoms with Crippen LogP contribution < -0.4 is 0 Å². The van der Waals surface area contributed by atoms with Crippen molar-refractivity contribution >= 4 is 8.80 Å². The van der Waals surface area contributed by atoms with Crippen LogP contribution >= 0.6 is 0 Å². The first-order valence-corrected chi connectivity index (χ1v) is 14.7. The highest BCUT2D eigenvalue weighted by molar-refractivity contribution is 6.64. The van der Waals surface area contributed by atoms with Gasteiger partial charge in [-0.2, -0.15) is 0 Å². The van der Waals surface area contributed by atoms with Crippen molar-refractivity contribution in [1.82, 2.24) is 0 Å². The summed E-state index contributed by atoms with van der Waals surface area (Å²) >= 11 is 0. The Hall–Kier alpha value is -1.58. The van der Waals surface area contributed by atoms with Crippen LogP contribution in [0.15, 0.2) is 60.7 Å². The molecule has 7 heteroatoms. The molecule has 1 atom stereocenters. The fourth-order valence-corrected chi connectivity index (χ4v) is 8.30. The van der Waals surface area contributed by atoms with Crippen molar-refractivity contribution in [3.05, 3.63) is 71.8 Å². The van der Waals surface area contributed by atoms with Crippen LogP contribution in [0.4, 0.5) is 0 Å². The number of rotatable bonds is 18. The fourth-order valence-electron chi connectivity index (χ4n) is 4.77. The molecule has 1 unspecified atom stereocenters. The topological polar surface area (TPSA) is 55.4 Å². The normalized spacial score (nSPS) is 14.1. The van der Waals surface area contributed by atoms with E-state index in [1.165, 1.54) is 5.56 Å². The third kappa shape index (κ3) is 6.41.